The van der Waals surface area contributed by atoms with Gasteiger partial charge in [0.25, 0.3) is 0 Å². The summed E-state index contributed by atoms with van der Waals surface area (Å²) in [5, 5.41) is 2.79. The minimum atomic E-state index is -2.21. The van der Waals surface area contributed by atoms with Gasteiger partial charge < -0.3 is 4.90 Å². The monoisotopic (exact) mass is 308 g/mol. The highest BCUT2D eigenvalue weighted by Gasteiger charge is 2.43. The molecule has 0 unspecified atom stereocenters. The van der Waals surface area contributed by atoms with Crippen LogP contribution in [0.4, 0.5) is 22.0 Å². The lowest BCUT2D eigenvalue weighted by Crippen LogP contribution is -2.45. The third-order valence-corrected chi connectivity index (χ3v) is 3.70. The Kier molecular flexibility index (Phi) is 3.69. The third-order valence-electron chi connectivity index (χ3n) is 3.70. The highest BCUT2D eigenvalue weighted by atomic mass is 19.2. The van der Waals surface area contributed by atoms with E-state index in [1.54, 1.807) is 13.8 Å². The van der Waals surface area contributed by atoms with Gasteiger partial charge in [-0.15, -0.1) is 0 Å². The van der Waals surface area contributed by atoms with Crippen molar-refractivity contribution in [3.05, 3.63) is 34.6 Å². The molecular weight excluding hydrogens is 295 g/mol. The summed E-state index contributed by atoms with van der Waals surface area (Å²) in [6, 6.07) is -1.06. The summed E-state index contributed by atoms with van der Waals surface area (Å²) < 4.78 is 66.4. The molecule has 1 aromatic carbocycles. The van der Waals surface area contributed by atoms with E-state index >= 15 is 0 Å². The van der Waals surface area contributed by atoms with Crippen LogP contribution in [0.1, 0.15) is 19.4 Å². The van der Waals surface area contributed by atoms with Crippen molar-refractivity contribution in [2.24, 2.45) is 0 Å². The lowest BCUT2D eigenvalue weighted by Gasteiger charge is -2.27. The molecule has 2 rings (SSSR count). The van der Waals surface area contributed by atoms with Gasteiger partial charge in [-0.25, -0.2) is 22.0 Å². The molecule has 0 saturated carbocycles. The summed E-state index contributed by atoms with van der Waals surface area (Å²) in [5.74, 6) is -10.5. The molecule has 1 atom stereocenters. The molecule has 1 aliphatic rings. The summed E-state index contributed by atoms with van der Waals surface area (Å²) in [5.41, 5.74) is -1.77. The molecule has 0 aromatic heterocycles. The molecular formula is C13H13F5N2O. The predicted octanol–water partition coefficient (Wildman–Crippen LogP) is 2.09. The smallest absolute Gasteiger partial charge is 0.241 e. The van der Waals surface area contributed by atoms with Crippen LogP contribution in [0.2, 0.25) is 0 Å². The number of halogens is 5. The van der Waals surface area contributed by atoms with Crippen molar-refractivity contribution in [2.45, 2.75) is 32.0 Å². The predicted molar refractivity (Wildman–Crippen MR) is 63.7 cm³/mol. The Balaban J connectivity index is 2.40. The van der Waals surface area contributed by atoms with Crippen LogP contribution in [0, 0.1) is 29.1 Å². The number of rotatable bonds is 2. The molecule has 0 spiro atoms. The van der Waals surface area contributed by atoms with Crippen LogP contribution in [-0.2, 0) is 11.2 Å². The Bertz CT molecular complexity index is 588. The van der Waals surface area contributed by atoms with E-state index in [0.29, 0.717) is 0 Å². The summed E-state index contributed by atoms with van der Waals surface area (Å²) in [7, 11) is 1.48. The Morgan fingerprint density at radius 2 is 1.43 bits per heavy atom. The SMILES string of the molecule is CN1C(=O)[C@H](Cc2c(F)c(F)c(F)c(F)c2F)NC1(C)C. The average Bonchev–Trinajstić information content (AvgIpc) is 2.62. The van der Waals surface area contributed by atoms with E-state index in [0.717, 1.165) is 0 Å². The first-order valence-corrected chi connectivity index (χ1v) is 6.13. The van der Waals surface area contributed by atoms with Crippen molar-refractivity contribution in [2.75, 3.05) is 7.05 Å². The molecule has 0 aliphatic carbocycles. The van der Waals surface area contributed by atoms with Crippen molar-refractivity contribution < 1.29 is 26.7 Å². The van der Waals surface area contributed by atoms with Crippen LogP contribution in [-0.4, -0.2) is 29.6 Å². The first-order valence-electron chi connectivity index (χ1n) is 6.13. The minimum absolute atomic E-state index is 0.482. The fraction of sp³-hybridized carbons (Fsp3) is 0.462. The van der Waals surface area contributed by atoms with Gasteiger partial charge >= 0.3 is 0 Å². The summed E-state index contributed by atoms with van der Waals surface area (Å²) in [4.78, 5) is 13.3. The van der Waals surface area contributed by atoms with E-state index in [1.165, 1.54) is 11.9 Å². The highest BCUT2D eigenvalue weighted by Crippen LogP contribution is 2.27. The number of hydrogen-bond donors (Lipinski definition) is 1. The zero-order chi connectivity index (χ0) is 16.1. The van der Waals surface area contributed by atoms with Gasteiger partial charge in [-0.3, -0.25) is 10.1 Å². The maximum absolute atomic E-state index is 13.6. The van der Waals surface area contributed by atoms with Crippen LogP contribution in [0.5, 0.6) is 0 Å². The van der Waals surface area contributed by atoms with E-state index in [-0.39, 0.29) is 0 Å². The first kappa shape index (κ1) is 15.7. The Morgan fingerprint density at radius 3 is 1.81 bits per heavy atom. The molecule has 8 heteroatoms. The largest absolute Gasteiger partial charge is 0.327 e. The molecule has 116 valence electrons. The average molecular weight is 308 g/mol. The number of amides is 1. The molecule has 1 amide bonds. The summed E-state index contributed by atoms with van der Waals surface area (Å²) >= 11 is 0. The van der Waals surface area contributed by atoms with E-state index in [9.17, 15) is 26.7 Å². The normalized spacial score (nSPS) is 21.2. The van der Waals surface area contributed by atoms with Crippen molar-refractivity contribution in [1.29, 1.82) is 0 Å². The summed E-state index contributed by atoms with van der Waals surface area (Å²) in [6.07, 6.45) is -0.627. The maximum atomic E-state index is 13.6. The van der Waals surface area contributed by atoms with Gasteiger partial charge in [-0.1, -0.05) is 0 Å². The van der Waals surface area contributed by atoms with Gasteiger partial charge in [-0.2, -0.15) is 0 Å². The van der Waals surface area contributed by atoms with Crippen molar-refractivity contribution >= 4 is 5.91 Å². The van der Waals surface area contributed by atoms with Gasteiger partial charge in [-0.05, 0) is 13.8 Å². The van der Waals surface area contributed by atoms with E-state index in [1.807, 2.05) is 0 Å². The number of carbonyl (C=O) groups excluding carboxylic acids is 1. The highest BCUT2D eigenvalue weighted by molar-refractivity contribution is 5.85. The van der Waals surface area contributed by atoms with Gasteiger partial charge in [0, 0.05) is 19.0 Å². The third kappa shape index (κ3) is 2.37. The number of carbonyl (C=O) groups is 1. The quantitative estimate of drug-likeness (QED) is 0.515. The molecule has 1 saturated heterocycles. The molecule has 1 heterocycles. The van der Waals surface area contributed by atoms with Gasteiger partial charge in [0.05, 0.1) is 11.7 Å². The van der Waals surface area contributed by atoms with E-state index < -0.39 is 58.7 Å². The zero-order valence-electron chi connectivity index (χ0n) is 11.5. The number of nitrogens with one attached hydrogen (secondary N) is 1. The van der Waals surface area contributed by atoms with Crippen LogP contribution in [0.3, 0.4) is 0 Å². The number of likely N-dealkylation sites (N-methyl/N-ethyl adjacent to an activating group) is 1. The van der Waals surface area contributed by atoms with Gasteiger partial charge in [0.1, 0.15) is 0 Å². The minimum Gasteiger partial charge on any atom is -0.327 e. The fourth-order valence-corrected chi connectivity index (χ4v) is 2.27. The van der Waals surface area contributed by atoms with Gasteiger partial charge in [0.15, 0.2) is 23.3 Å². The summed E-state index contributed by atoms with van der Waals surface area (Å²) in [6.45, 7) is 3.31. The Morgan fingerprint density at radius 1 is 1.00 bits per heavy atom. The molecule has 1 aliphatic heterocycles. The maximum Gasteiger partial charge on any atom is 0.241 e. The molecule has 0 radical (unpaired) electrons. The lowest BCUT2D eigenvalue weighted by molar-refractivity contribution is -0.129. The number of hydrogen-bond acceptors (Lipinski definition) is 2. The molecule has 1 fully saturated rings. The molecule has 1 N–H and O–H groups in total. The number of benzene rings is 1. The van der Waals surface area contributed by atoms with E-state index in [2.05, 4.69) is 5.32 Å². The topological polar surface area (TPSA) is 32.3 Å². The number of nitrogens with zero attached hydrogens (tertiary/aromatic N) is 1. The second-order valence-electron chi connectivity index (χ2n) is 5.41. The molecule has 0 bridgehead atoms. The van der Waals surface area contributed by atoms with E-state index in [4.69, 9.17) is 0 Å². The van der Waals surface area contributed by atoms with Crippen LogP contribution >= 0.6 is 0 Å². The van der Waals surface area contributed by atoms with Crippen LogP contribution in [0.15, 0.2) is 0 Å². The molecule has 3 nitrogen and oxygen atoms in total. The Hall–Kier alpha value is -1.70. The van der Waals surface area contributed by atoms with Crippen molar-refractivity contribution in [1.82, 2.24) is 10.2 Å². The van der Waals surface area contributed by atoms with Crippen LogP contribution in [0.25, 0.3) is 0 Å². The second-order valence-corrected chi connectivity index (χ2v) is 5.41. The first-order chi connectivity index (χ1) is 9.58. The molecule has 21 heavy (non-hydrogen) atoms. The van der Waals surface area contributed by atoms with Gasteiger partial charge in [0.2, 0.25) is 11.7 Å². The molecule has 1 aromatic rings. The van der Waals surface area contributed by atoms with Crippen molar-refractivity contribution in [3.8, 4) is 0 Å². The second kappa shape index (κ2) is 4.94. The fourth-order valence-electron chi connectivity index (χ4n) is 2.27. The zero-order valence-corrected chi connectivity index (χ0v) is 11.5. The lowest BCUT2D eigenvalue weighted by atomic mass is 10.0. The van der Waals surface area contributed by atoms with Crippen LogP contribution < -0.4 is 5.32 Å². The Labute approximate surface area is 117 Å². The standard InChI is InChI=1S/C13H13F5N2O/c1-13(2)19-6(12(21)20(13)3)4-5-7(14)9(16)11(18)10(17)8(5)15/h6,19H,4H2,1-3H3/t6-/m0/s1. The van der Waals surface area contributed by atoms with Crippen molar-refractivity contribution in [3.63, 3.8) is 0 Å².